The Labute approximate surface area is 128 Å². The van der Waals surface area contributed by atoms with E-state index in [1.807, 2.05) is 48.5 Å². The molecule has 1 rings (SSSR count). The van der Waals surface area contributed by atoms with Crippen molar-refractivity contribution in [3.05, 3.63) is 0 Å². The molecule has 1 aliphatic heterocycles. The fraction of sp³-hybridized carbons (Fsp3) is 0.875. The largest absolute Gasteiger partial charge is 0.444 e. The summed E-state index contributed by atoms with van der Waals surface area (Å²) in [4.78, 5) is 25.4. The summed E-state index contributed by atoms with van der Waals surface area (Å²) in [5.74, 6) is -0.0563. The average Bonchev–Trinajstić information content (AvgIpc) is 2.63. The fourth-order valence-electron chi connectivity index (χ4n) is 2.91. The topological polar surface area (TPSA) is 55.8 Å². The highest BCUT2D eigenvalue weighted by molar-refractivity contribution is 5.70. The second-order valence-electron chi connectivity index (χ2n) is 7.24. The van der Waals surface area contributed by atoms with Gasteiger partial charge in [0.25, 0.3) is 0 Å². The highest BCUT2D eigenvalue weighted by Gasteiger charge is 2.48. The van der Waals surface area contributed by atoms with E-state index in [0.29, 0.717) is 6.61 Å². The third-order valence-corrected chi connectivity index (χ3v) is 3.96. The first kappa shape index (κ1) is 18.0. The van der Waals surface area contributed by atoms with E-state index in [-0.39, 0.29) is 24.0 Å². The van der Waals surface area contributed by atoms with Gasteiger partial charge in [0.2, 0.25) is 0 Å². The first-order chi connectivity index (χ1) is 9.53. The minimum absolute atomic E-state index is 0.0665. The second-order valence-corrected chi connectivity index (χ2v) is 7.24. The summed E-state index contributed by atoms with van der Waals surface area (Å²) in [6.45, 7) is 13.6. The van der Waals surface area contributed by atoms with Crippen molar-refractivity contribution in [2.45, 2.75) is 72.3 Å². The fourth-order valence-corrected chi connectivity index (χ4v) is 2.91. The zero-order valence-electron chi connectivity index (χ0n) is 14.3. The van der Waals surface area contributed by atoms with Gasteiger partial charge in [0.15, 0.2) is 0 Å². The molecular formula is C16H29NO4. The lowest BCUT2D eigenvalue weighted by Gasteiger charge is -2.38. The van der Waals surface area contributed by atoms with Crippen molar-refractivity contribution >= 4 is 12.4 Å². The van der Waals surface area contributed by atoms with E-state index in [9.17, 15) is 9.59 Å². The number of carbonyl (C=O) groups is 2. The van der Waals surface area contributed by atoms with Gasteiger partial charge in [-0.25, -0.2) is 4.79 Å². The molecule has 1 saturated heterocycles. The standard InChI is InChI=1S/C16H29NO4/c1-8-12(11(2)9-18)13-10-20-16(6,7)17(13)14(19)21-15(3,4)5/h9,11-13H,8,10H2,1-7H3/t11?,12?,13-/m1/s1. The lowest BCUT2D eigenvalue weighted by Crippen LogP contribution is -2.52. The number of hydrogen-bond donors (Lipinski definition) is 0. The molecule has 0 bridgehead atoms. The van der Waals surface area contributed by atoms with E-state index < -0.39 is 11.3 Å². The van der Waals surface area contributed by atoms with Gasteiger partial charge in [-0.3, -0.25) is 4.90 Å². The van der Waals surface area contributed by atoms with Crippen molar-refractivity contribution in [1.29, 1.82) is 0 Å². The van der Waals surface area contributed by atoms with Gasteiger partial charge in [0, 0.05) is 5.92 Å². The molecule has 0 aromatic carbocycles. The van der Waals surface area contributed by atoms with Crippen LogP contribution in [0.4, 0.5) is 4.79 Å². The van der Waals surface area contributed by atoms with Gasteiger partial charge in [-0.1, -0.05) is 20.3 Å². The van der Waals surface area contributed by atoms with Crippen LogP contribution in [-0.4, -0.2) is 41.3 Å². The summed E-state index contributed by atoms with van der Waals surface area (Å²) in [5.41, 5.74) is -1.28. The maximum absolute atomic E-state index is 12.6. The highest BCUT2D eigenvalue weighted by atomic mass is 16.6. The summed E-state index contributed by atoms with van der Waals surface area (Å²) < 4.78 is 11.3. The van der Waals surface area contributed by atoms with E-state index in [1.54, 1.807) is 4.90 Å². The zero-order chi connectivity index (χ0) is 16.4. The third-order valence-electron chi connectivity index (χ3n) is 3.96. The van der Waals surface area contributed by atoms with Crippen LogP contribution < -0.4 is 0 Å². The van der Waals surface area contributed by atoms with Crippen LogP contribution in [-0.2, 0) is 14.3 Å². The normalized spacial score (nSPS) is 24.5. The maximum atomic E-state index is 12.6. The zero-order valence-corrected chi connectivity index (χ0v) is 14.3. The molecule has 3 atom stereocenters. The number of nitrogens with zero attached hydrogens (tertiary/aromatic N) is 1. The minimum Gasteiger partial charge on any atom is -0.444 e. The van der Waals surface area contributed by atoms with Crippen LogP contribution in [0.5, 0.6) is 0 Å². The van der Waals surface area contributed by atoms with Gasteiger partial charge in [-0.2, -0.15) is 0 Å². The monoisotopic (exact) mass is 299 g/mol. The Morgan fingerprint density at radius 3 is 2.48 bits per heavy atom. The second kappa shape index (κ2) is 6.34. The molecule has 0 aromatic heterocycles. The van der Waals surface area contributed by atoms with Crippen LogP contribution in [0.25, 0.3) is 0 Å². The molecule has 2 unspecified atom stereocenters. The Hall–Kier alpha value is -1.10. The Morgan fingerprint density at radius 1 is 1.48 bits per heavy atom. The molecule has 1 aliphatic rings. The molecule has 0 aliphatic carbocycles. The lowest BCUT2D eigenvalue weighted by molar-refractivity contribution is -0.113. The highest BCUT2D eigenvalue weighted by Crippen LogP contribution is 2.36. The average molecular weight is 299 g/mol. The van der Waals surface area contributed by atoms with Gasteiger partial charge in [0.1, 0.15) is 17.6 Å². The Bertz CT molecular complexity index is 386. The first-order valence-electron chi connectivity index (χ1n) is 7.65. The van der Waals surface area contributed by atoms with Crippen LogP contribution in [0, 0.1) is 11.8 Å². The predicted octanol–water partition coefficient (Wildman–Crippen LogP) is 3.22. The molecule has 122 valence electrons. The van der Waals surface area contributed by atoms with E-state index >= 15 is 0 Å². The van der Waals surface area contributed by atoms with Crippen LogP contribution in [0.3, 0.4) is 0 Å². The summed E-state index contributed by atoms with van der Waals surface area (Å²) in [7, 11) is 0. The number of carbonyl (C=O) groups excluding carboxylic acids is 2. The van der Waals surface area contributed by atoms with Crippen LogP contribution in [0.15, 0.2) is 0 Å². The van der Waals surface area contributed by atoms with E-state index in [4.69, 9.17) is 9.47 Å². The molecule has 1 fully saturated rings. The number of amides is 1. The third kappa shape index (κ3) is 4.19. The molecular weight excluding hydrogens is 270 g/mol. The molecule has 0 N–H and O–H groups in total. The Balaban J connectivity index is 3.03. The van der Waals surface area contributed by atoms with Crippen molar-refractivity contribution in [2.24, 2.45) is 11.8 Å². The molecule has 1 amide bonds. The van der Waals surface area contributed by atoms with Gasteiger partial charge >= 0.3 is 6.09 Å². The molecule has 0 radical (unpaired) electrons. The number of ether oxygens (including phenoxy) is 2. The molecule has 21 heavy (non-hydrogen) atoms. The number of aldehydes is 1. The van der Waals surface area contributed by atoms with Crippen molar-refractivity contribution < 1.29 is 19.1 Å². The van der Waals surface area contributed by atoms with Crippen molar-refractivity contribution in [2.75, 3.05) is 6.61 Å². The molecule has 5 nitrogen and oxygen atoms in total. The summed E-state index contributed by atoms with van der Waals surface area (Å²) >= 11 is 0. The summed E-state index contributed by atoms with van der Waals surface area (Å²) in [6.07, 6.45) is 1.38. The van der Waals surface area contributed by atoms with Gasteiger partial charge in [-0.15, -0.1) is 0 Å². The van der Waals surface area contributed by atoms with Crippen LogP contribution in [0.2, 0.25) is 0 Å². The molecule has 1 heterocycles. The molecule has 0 saturated carbocycles. The molecule has 5 heteroatoms. The molecule has 0 aromatic rings. The lowest BCUT2D eigenvalue weighted by atomic mass is 9.85. The van der Waals surface area contributed by atoms with Gasteiger partial charge < -0.3 is 14.3 Å². The number of rotatable bonds is 4. The van der Waals surface area contributed by atoms with Crippen molar-refractivity contribution in [3.63, 3.8) is 0 Å². The summed E-state index contributed by atoms with van der Waals surface area (Å²) in [5, 5.41) is 0. The van der Waals surface area contributed by atoms with Crippen molar-refractivity contribution in [3.8, 4) is 0 Å². The Morgan fingerprint density at radius 2 is 2.05 bits per heavy atom. The van der Waals surface area contributed by atoms with Crippen molar-refractivity contribution in [1.82, 2.24) is 4.90 Å². The van der Waals surface area contributed by atoms with Gasteiger partial charge in [0.05, 0.1) is 12.6 Å². The SMILES string of the molecule is CCC(C(C)C=O)[C@H]1COC(C)(C)N1C(=O)OC(C)(C)C. The minimum atomic E-state index is -0.719. The maximum Gasteiger partial charge on any atom is 0.412 e. The predicted molar refractivity (Wildman–Crippen MR) is 80.9 cm³/mol. The Kier molecular flexibility index (Phi) is 5.42. The smallest absolute Gasteiger partial charge is 0.412 e. The first-order valence-corrected chi connectivity index (χ1v) is 7.65. The van der Waals surface area contributed by atoms with E-state index in [2.05, 4.69) is 0 Å². The quantitative estimate of drug-likeness (QED) is 0.748. The van der Waals surface area contributed by atoms with E-state index in [1.165, 1.54) is 0 Å². The number of hydrogen-bond acceptors (Lipinski definition) is 4. The van der Waals surface area contributed by atoms with Gasteiger partial charge in [-0.05, 0) is 40.5 Å². The van der Waals surface area contributed by atoms with Crippen LogP contribution in [0.1, 0.15) is 54.9 Å². The van der Waals surface area contributed by atoms with Crippen LogP contribution >= 0.6 is 0 Å². The molecule has 0 spiro atoms. The summed E-state index contributed by atoms with van der Waals surface area (Å²) in [6, 6.07) is -0.139. The van der Waals surface area contributed by atoms with E-state index in [0.717, 1.165) is 12.7 Å².